The number of nitrogens with one attached hydrogen (secondary N) is 1. The molecule has 0 saturated heterocycles. The number of imidazole rings is 1. The van der Waals surface area contributed by atoms with Crippen LogP contribution in [0.4, 0.5) is 0 Å². The Hall–Kier alpha value is -2.11. The fourth-order valence-electron chi connectivity index (χ4n) is 1.85. The van der Waals surface area contributed by atoms with Crippen molar-refractivity contribution in [2.45, 2.75) is 27.3 Å². The summed E-state index contributed by atoms with van der Waals surface area (Å²) >= 11 is 0. The monoisotopic (exact) mass is 262 g/mol. The van der Waals surface area contributed by atoms with Gasteiger partial charge in [0.2, 0.25) is 0 Å². The van der Waals surface area contributed by atoms with E-state index in [-0.39, 0.29) is 5.91 Å². The molecule has 0 spiro atoms. The van der Waals surface area contributed by atoms with E-state index in [2.05, 4.69) is 29.0 Å². The molecule has 102 valence electrons. The molecule has 0 aliphatic carbocycles. The van der Waals surface area contributed by atoms with Gasteiger partial charge in [-0.2, -0.15) is 0 Å². The zero-order valence-electron chi connectivity index (χ0n) is 11.4. The second-order valence-corrected chi connectivity index (χ2v) is 4.94. The first-order chi connectivity index (χ1) is 9.06. The van der Waals surface area contributed by atoms with Crippen molar-refractivity contribution in [2.24, 2.45) is 5.92 Å². The van der Waals surface area contributed by atoms with Crippen molar-refractivity contribution in [3.8, 4) is 0 Å². The number of aromatic nitrogens is 3. The smallest absolute Gasteiger partial charge is 0.276 e. The molecule has 6 heteroatoms. The maximum atomic E-state index is 12.4. The van der Waals surface area contributed by atoms with Gasteiger partial charge in [-0.3, -0.25) is 4.79 Å². The van der Waals surface area contributed by atoms with Crippen molar-refractivity contribution in [3.63, 3.8) is 0 Å². The molecule has 2 rings (SSSR count). The van der Waals surface area contributed by atoms with E-state index in [0.717, 1.165) is 5.82 Å². The topological polar surface area (TPSA) is 75.0 Å². The lowest BCUT2D eigenvalue weighted by Crippen LogP contribution is -2.34. The molecule has 1 amide bonds. The summed E-state index contributed by atoms with van der Waals surface area (Å²) in [5.74, 6) is 1.62. The van der Waals surface area contributed by atoms with Crippen LogP contribution in [0.5, 0.6) is 0 Å². The fourth-order valence-corrected chi connectivity index (χ4v) is 1.85. The van der Waals surface area contributed by atoms with Gasteiger partial charge < -0.3 is 14.4 Å². The number of nitrogens with zero attached hydrogens (tertiary/aromatic N) is 3. The zero-order valence-corrected chi connectivity index (χ0v) is 11.4. The summed E-state index contributed by atoms with van der Waals surface area (Å²) in [4.78, 5) is 21.3. The number of rotatable bonds is 5. The van der Waals surface area contributed by atoms with E-state index in [0.29, 0.717) is 30.5 Å². The predicted octanol–water partition coefficient (Wildman–Crippen LogP) is 2.00. The van der Waals surface area contributed by atoms with Crippen LogP contribution in [-0.2, 0) is 6.54 Å². The lowest BCUT2D eigenvalue weighted by Gasteiger charge is -2.22. The first-order valence-electron chi connectivity index (χ1n) is 6.27. The van der Waals surface area contributed by atoms with Crippen LogP contribution < -0.4 is 0 Å². The summed E-state index contributed by atoms with van der Waals surface area (Å²) in [5, 5.41) is 3.78. The summed E-state index contributed by atoms with van der Waals surface area (Å²) in [5.41, 5.74) is 0.338. The van der Waals surface area contributed by atoms with Crippen LogP contribution in [0.25, 0.3) is 0 Å². The first kappa shape index (κ1) is 13.3. The molecule has 0 aliphatic heterocycles. The van der Waals surface area contributed by atoms with Gasteiger partial charge in [0, 0.05) is 25.0 Å². The normalized spacial score (nSPS) is 10.9. The Bertz CT molecular complexity index is 531. The third-order valence-electron chi connectivity index (χ3n) is 2.62. The Balaban J connectivity index is 2.14. The highest BCUT2D eigenvalue weighted by Gasteiger charge is 2.21. The summed E-state index contributed by atoms with van der Waals surface area (Å²) in [6.07, 6.45) is 3.42. The molecule has 0 fully saturated rings. The third kappa shape index (κ3) is 3.43. The average Bonchev–Trinajstić information content (AvgIpc) is 2.98. The van der Waals surface area contributed by atoms with Crippen LogP contribution >= 0.6 is 0 Å². The minimum Gasteiger partial charge on any atom is -0.361 e. The Kier molecular flexibility index (Phi) is 3.99. The van der Waals surface area contributed by atoms with Gasteiger partial charge in [0.1, 0.15) is 11.6 Å². The van der Waals surface area contributed by atoms with Crippen LogP contribution in [0.3, 0.4) is 0 Å². The van der Waals surface area contributed by atoms with E-state index in [4.69, 9.17) is 4.52 Å². The SMILES string of the molecule is Cc1cc(C(=O)N(Cc2ncc[nH]2)CC(C)C)no1. The van der Waals surface area contributed by atoms with E-state index in [1.54, 1.807) is 30.3 Å². The van der Waals surface area contributed by atoms with Crippen molar-refractivity contribution in [3.05, 3.63) is 35.7 Å². The van der Waals surface area contributed by atoms with Gasteiger partial charge >= 0.3 is 0 Å². The molecular formula is C13H18N4O2. The number of amides is 1. The summed E-state index contributed by atoms with van der Waals surface area (Å²) in [6.45, 7) is 6.98. The molecule has 2 aromatic rings. The van der Waals surface area contributed by atoms with E-state index in [9.17, 15) is 4.79 Å². The number of carbonyl (C=O) groups is 1. The minimum absolute atomic E-state index is 0.137. The molecule has 1 N–H and O–H groups in total. The molecule has 0 atom stereocenters. The van der Waals surface area contributed by atoms with Gasteiger partial charge in [0.25, 0.3) is 5.91 Å². The number of aromatic amines is 1. The molecule has 0 unspecified atom stereocenters. The summed E-state index contributed by atoms with van der Waals surface area (Å²) in [6, 6.07) is 1.65. The van der Waals surface area contributed by atoms with Gasteiger partial charge in [0.05, 0.1) is 6.54 Å². The lowest BCUT2D eigenvalue weighted by molar-refractivity contribution is 0.0708. The van der Waals surface area contributed by atoms with Crippen molar-refractivity contribution in [2.75, 3.05) is 6.54 Å². The van der Waals surface area contributed by atoms with Gasteiger partial charge in [-0.05, 0) is 12.8 Å². The number of H-pyrrole nitrogens is 1. The molecule has 6 nitrogen and oxygen atoms in total. The van der Waals surface area contributed by atoms with Crippen LogP contribution in [0.1, 0.15) is 35.9 Å². The van der Waals surface area contributed by atoms with E-state index < -0.39 is 0 Å². The largest absolute Gasteiger partial charge is 0.361 e. The maximum Gasteiger partial charge on any atom is 0.276 e. The van der Waals surface area contributed by atoms with Crippen LogP contribution in [0, 0.1) is 12.8 Å². The van der Waals surface area contributed by atoms with Crippen LogP contribution in [-0.4, -0.2) is 32.5 Å². The number of hydrogen-bond acceptors (Lipinski definition) is 4. The maximum absolute atomic E-state index is 12.4. The zero-order chi connectivity index (χ0) is 13.8. The van der Waals surface area contributed by atoms with Gasteiger partial charge in [-0.1, -0.05) is 19.0 Å². The molecule has 0 saturated carbocycles. The Labute approximate surface area is 111 Å². The highest BCUT2D eigenvalue weighted by Crippen LogP contribution is 2.11. The second-order valence-electron chi connectivity index (χ2n) is 4.94. The van der Waals surface area contributed by atoms with Crippen molar-refractivity contribution < 1.29 is 9.32 Å². The van der Waals surface area contributed by atoms with Gasteiger partial charge in [-0.15, -0.1) is 0 Å². The Morgan fingerprint density at radius 1 is 1.53 bits per heavy atom. The van der Waals surface area contributed by atoms with Crippen molar-refractivity contribution >= 4 is 5.91 Å². The molecule has 2 heterocycles. The molecule has 2 aromatic heterocycles. The molecule has 0 aliphatic rings. The van der Waals surface area contributed by atoms with Gasteiger partial charge in [-0.25, -0.2) is 4.98 Å². The quantitative estimate of drug-likeness (QED) is 0.894. The van der Waals surface area contributed by atoms with E-state index >= 15 is 0 Å². The predicted molar refractivity (Wildman–Crippen MR) is 69.4 cm³/mol. The molecule has 19 heavy (non-hydrogen) atoms. The fraction of sp³-hybridized carbons (Fsp3) is 0.462. The number of aryl methyl sites for hydroxylation is 1. The second kappa shape index (κ2) is 5.69. The lowest BCUT2D eigenvalue weighted by atomic mass is 10.2. The van der Waals surface area contributed by atoms with Gasteiger partial charge in [0.15, 0.2) is 5.69 Å². The molecular weight excluding hydrogens is 244 g/mol. The Morgan fingerprint density at radius 3 is 2.84 bits per heavy atom. The molecule has 0 aromatic carbocycles. The number of carbonyl (C=O) groups excluding carboxylic acids is 1. The summed E-state index contributed by atoms with van der Waals surface area (Å²) in [7, 11) is 0. The Morgan fingerprint density at radius 2 is 2.32 bits per heavy atom. The molecule has 0 radical (unpaired) electrons. The highest BCUT2D eigenvalue weighted by atomic mass is 16.5. The van der Waals surface area contributed by atoms with Crippen LogP contribution in [0.15, 0.2) is 23.0 Å². The van der Waals surface area contributed by atoms with E-state index in [1.807, 2.05) is 0 Å². The molecule has 0 bridgehead atoms. The standard InChI is InChI=1S/C13H18N4O2/c1-9(2)7-17(8-12-14-4-5-15-12)13(18)11-6-10(3)19-16-11/h4-6,9H,7-8H2,1-3H3,(H,14,15). The van der Waals surface area contributed by atoms with Crippen molar-refractivity contribution in [1.29, 1.82) is 0 Å². The number of hydrogen-bond donors (Lipinski definition) is 1. The third-order valence-corrected chi connectivity index (χ3v) is 2.62. The highest BCUT2D eigenvalue weighted by molar-refractivity contribution is 5.92. The average molecular weight is 262 g/mol. The van der Waals surface area contributed by atoms with E-state index in [1.165, 1.54) is 0 Å². The summed E-state index contributed by atoms with van der Waals surface area (Å²) < 4.78 is 4.96. The minimum atomic E-state index is -0.137. The first-order valence-corrected chi connectivity index (χ1v) is 6.27. The van der Waals surface area contributed by atoms with Crippen LogP contribution in [0.2, 0.25) is 0 Å². The van der Waals surface area contributed by atoms with Crippen molar-refractivity contribution in [1.82, 2.24) is 20.0 Å².